The number of Topliss-reactive ketones (excluding diaryl/α,β-unsaturated/α-hetero) is 1. The molecular weight excluding hydrogens is 332 g/mol. The van der Waals surface area contributed by atoms with E-state index in [1.54, 1.807) is 32.3 Å². The fourth-order valence-corrected chi connectivity index (χ4v) is 2.36. The molecule has 1 aromatic carbocycles. The summed E-state index contributed by atoms with van der Waals surface area (Å²) in [5.74, 6) is -0.393. The quantitative estimate of drug-likeness (QED) is 0.688. The smallest absolute Gasteiger partial charge is 0.270 e. The monoisotopic (exact) mass is 342 g/mol. The Labute approximate surface area is 123 Å². The molecule has 2 aromatic rings. The number of aromatic amines is 1. The third-order valence-electron chi connectivity index (χ3n) is 2.78. The second-order valence-corrected chi connectivity index (χ2v) is 5.32. The molecule has 100 valence electrons. The fourth-order valence-electron chi connectivity index (χ4n) is 1.90. The van der Waals surface area contributed by atoms with E-state index in [1.807, 2.05) is 0 Å². The molecule has 0 fully saturated rings. The van der Waals surface area contributed by atoms with Gasteiger partial charge in [0.25, 0.3) is 5.91 Å². The number of carbonyl (C=O) groups excluding carboxylic acids is 2. The highest BCUT2D eigenvalue weighted by Crippen LogP contribution is 2.27. The molecule has 0 spiro atoms. The topological polar surface area (TPSA) is 53.2 Å². The van der Waals surface area contributed by atoms with Gasteiger partial charge < -0.3 is 9.88 Å². The van der Waals surface area contributed by atoms with Crippen LogP contribution < -0.4 is 0 Å². The molecule has 1 amide bonds. The van der Waals surface area contributed by atoms with Crippen molar-refractivity contribution in [2.24, 2.45) is 0 Å². The Morgan fingerprint density at radius 2 is 2.05 bits per heavy atom. The van der Waals surface area contributed by atoms with Gasteiger partial charge in [0.1, 0.15) is 5.69 Å². The van der Waals surface area contributed by atoms with Crippen molar-refractivity contribution >= 4 is 50.1 Å². The molecular formula is C13H12BrClN2O2. The minimum atomic E-state index is -0.239. The Balaban J connectivity index is 2.76. The van der Waals surface area contributed by atoms with E-state index in [-0.39, 0.29) is 17.0 Å². The van der Waals surface area contributed by atoms with Crippen LogP contribution in [0.5, 0.6) is 0 Å². The number of aromatic nitrogens is 1. The molecule has 0 aliphatic rings. The normalized spacial score (nSPS) is 10.7. The summed E-state index contributed by atoms with van der Waals surface area (Å²) in [4.78, 5) is 28.6. The van der Waals surface area contributed by atoms with E-state index in [0.717, 1.165) is 5.52 Å². The Kier molecular flexibility index (Phi) is 3.96. The minimum absolute atomic E-state index is 0.153. The standard InChI is InChI=1S/C13H12BrClN2O2/c1-17(2)13(19)12-11(10(18)6-14)8-5-7(15)3-4-9(8)16-12/h3-5,16H,6H2,1-2H3. The highest BCUT2D eigenvalue weighted by atomic mass is 79.9. The Morgan fingerprint density at radius 3 is 2.63 bits per heavy atom. The lowest BCUT2D eigenvalue weighted by atomic mass is 10.1. The summed E-state index contributed by atoms with van der Waals surface area (Å²) < 4.78 is 0. The van der Waals surface area contributed by atoms with Gasteiger partial charge in [-0.05, 0) is 18.2 Å². The van der Waals surface area contributed by atoms with Crippen LogP contribution in [0.2, 0.25) is 5.02 Å². The number of hydrogen-bond donors (Lipinski definition) is 1. The molecule has 4 nitrogen and oxygen atoms in total. The van der Waals surface area contributed by atoms with E-state index in [4.69, 9.17) is 11.6 Å². The maximum atomic E-state index is 12.1. The Morgan fingerprint density at radius 1 is 1.37 bits per heavy atom. The second-order valence-electron chi connectivity index (χ2n) is 4.32. The molecule has 2 rings (SSSR count). The summed E-state index contributed by atoms with van der Waals surface area (Å²) in [5.41, 5.74) is 1.40. The predicted octanol–water partition coefficient (Wildman–Crippen LogP) is 3.10. The van der Waals surface area contributed by atoms with Crippen LogP contribution in [0, 0.1) is 0 Å². The van der Waals surface area contributed by atoms with Crippen LogP contribution in [-0.4, -0.2) is 41.0 Å². The molecule has 0 radical (unpaired) electrons. The number of rotatable bonds is 3. The predicted molar refractivity (Wildman–Crippen MR) is 79.5 cm³/mol. The van der Waals surface area contributed by atoms with Gasteiger partial charge in [-0.25, -0.2) is 0 Å². The number of benzene rings is 1. The summed E-state index contributed by atoms with van der Waals surface area (Å²) in [6.07, 6.45) is 0. The molecule has 1 N–H and O–H groups in total. The van der Waals surface area contributed by atoms with E-state index in [0.29, 0.717) is 21.7 Å². The fraction of sp³-hybridized carbons (Fsp3) is 0.231. The van der Waals surface area contributed by atoms with Crippen LogP contribution in [0.15, 0.2) is 18.2 Å². The van der Waals surface area contributed by atoms with Gasteiger partial charge in [-0.15, -0.1) is 0 Å². The third-order valence-corrected chi connectivity index (χ3v) is 3.53. The molecule has 19 heavy (non-hydrogen) atoms. The van der Waals surface area contributed by atoms with Gasteiger partial charge >= 0.3 is 0 Å². The Bertz CT molecular complexity index is 664. The summed E-state index contributed by atoms with van der Waals surface area (Å²) in [6, 6.07) is 5.16. The van der Waals surface area contributed by atoms with E-state index in [1.165, 1.54) is 4.90 Å². The SMILES string of the molecule is CN(C)C(=O)c1[nH]c2ccc(Cl)cc2c1C(=O)CBr. The summed E-state index contributed by atoms with van der Waals surface area (Å²) in [6.45, 7) is 0. The molecule has 0 atom stereocenters. The van der Waals surface area contributed by atoms with Crippen molar-refractivity contribution in [2.75, 3.05) is 19.4 Å². The van der Waals surface area contributed by atoms with Crippen LogP contribution in [0.1, 0.15) is 20.8 Å². The average molecular weight is 344 g/mol. The molecule has 1 aromatic heterocycles. The first-order chi connectivity index (χ1) is 8.95. The van der Waals surface area contributed by atoms with Crippen LogP contribution in [0.3, 0.4) is 0 Å². The van der Waals surface area contributed by atoms with Crippen LogP contribution >= 0.6 is 27.5 Å². The zero-order valence-corrected chi connectivity index (χ0v) is 12.8. The number of H-pyrrole nitrogens is 1. The first-order valence-corrected chi connectivity index (χ1v) is 7.07. The van der Waals surface area contributed by atoms with E-state index >= 15 is 0 Å². The first-order valence-electron chi connectivity index (χ1n) is 5.57. The molecule has 6 heteroatoms. The van der Waals surface area contributed by atoms with Crippen molar-refractivity contribution in [1.29, 1.82) is 0 Å². The number of ketones is 1. The largest absolute Gasteiger partial charge is 0.350 e. The van der Waals surface area contributed by atoms with Gasteiger partial charge in [-0.3, -0.25) is 9.59 Å². The molecule has 0 aliphatic carbocycles. The first kappa shape index (κ1) is 14.1. The van der Waals surface area contributed by atoms with Gasteiger partial charge in [0.05, 0.1) is 10.9 Å². The number of hydrogen-bond acceptors (Lipinski definition) is 2. The lowest BCUT2D eigenvalue weighted by molar-refractivity contribution is 0.0817. The van der Waals surface area contributed by atoms with Crippen molar-refractivity contribution in [3.8, 4) is 0 Å². The molecule has 1 heterocycles. The lowest BCUT2D eigenvalue weighted by Gasteiger charge is -2.09. The van der Waals surface area contributed by atoms with Gasteiger partial charge in [0, 0.05) is 30.0 Å². The van der Waals surface area contributed by atoms with Gasteiger partial charge in [-0.1, -0.05) is 27.5 Å². The zero-order valence-electron chi connectivity index (χ0n) is 10.5. The number of nitrogens with one attached hydrogen (secondary N) is 1. The van der Waals surface area contributed by atoms with Crippen molar-refractivity contribution in [2.45, 2.75) is 0 Å². The molecule has 0 unspecified atom stereocenters. The number of halogens is 2. The van der Waals surface area contributed by atoms with Crippen molar-refractivity contribution < 1.29 is 9.59 Å². The van der Waals surface area contributed by atoms with Gasteiger partial charge in [0.15, 0.2) is 5.78 Å². The van der Waals surface area contributed by atoms with Crippen molar-refractivity contribution in [3.63, 3.8) is 0 Å². The number of amides is 1. The molecule has 0 aliphatic heterocycles. The summed E-state index contributed by atoms with van der Waals surface area (Å²) >= 11 is 9.10. The maximum absolute atomic E-state index is 12.1. The zero-order chi connectivity index (χ0) is 14.2. The van der Waals surface area contributed by atoms with Crippen LogP contribution in [-0.2, 0) is 0 Å². The second kappa shape index (κ2) is 5.35. The number of alkyl halides is 1. The van der Waals surface area contributed by atoms with E-state index in [9.17, 15) is 9.59 Å². The minimum Gasteiger partial charge on any atom is -0.350 e. The third kappa shape index (κ3) is 2.53. The van der Waals surface area contributed by atoms with Crippen LogP contribution in [0.25, 0.3) is 10.9 Å². The van der Waals surface area contributed by atoms with Crippen molar-refractivity contribution in [1.82, 2.24) is 9.88 Å². The molecule has 0 saturated heterocycles. The summed E-state index contributed by atoms with van der Waals surface area (Å²) in [7, 11) is 3.28. The van der Waals surface area contributed by atoms with E-state index in [2.05, 4.69) is 20.9 Å². The van der Waals surface area contributed by atoms with Crippen LogP contribution in [0.4, 0.5) is 0 Å². The number of carbonyl (C=O) groups is 2. The maximum Gasteiger partial charge on any atom is 0.270 e. The average Bonchev–Trinajstić information content (AvgIpc) is 2.75. The van der Waals surface area contributed by atoms with E-state index < -0.39 is 0 Å². The Hall–Kier alpha value is -1.33. The highest BCUT2D eigenvalue weighted by molar-refractivity contribution is 9.09. The number of fused-ring (bicyclic) bond motifs is 1. The lowest BCUT2D eigenvalue weighted by Crippen LogP contribution is -2.24. The van der Waals surface area contributed by atoms with Gasteiger partial charge in [-0.2, -0.15) is 0 Å². The molecule has 0 saturated carbocycles. The number of nitrogens with zero attached hydrogens (tertiary/aromatic N) is 1. The van der Waals surface area contributed by atoms with Gasteiger partial charge in [0.2, 0.25) is 0 Å². The highest BCUT2D eigenvalue weighted by Gasteiger charge is 2.23. The molecule has 0 bridgehead atoms. The van der Waals surface area contributed by atoms with Crippen molar-refractivity contribution in [3.05, 3.63) is 34.5 Å². The summed E-state index contributed by atoms with van der Waals surface area (Å²) in [5, 5.41) is 1.35.